The second kappa shape index (κ2) is 4.24. The molecule has 0 aromatic carbocycles. The van der Waals surface area contributed by atoms with Crippen LogP contribution in [-0.4, -0.2) is 17.4 Å². The van der Waals surface area contributed by atoms with E-state index >= 15 is 0 Å². The summed E-state index contributed by atoms with van der Waals surface area (Å²) in [5.41, 5.74) is 0. The van der Waals surface area contributed by atoms with Gasteiger partial charge in [0.2, 0.25) is 0 Å². The highest BCUT2D eigenvalue weighted by Crippen LogP contribution is 2.21. The van der Waals surface area contributed by atoms with E-state index in [2.05, 4.69) is 24.0 Å². The van der Waals surface area contributed by atoms with Crippen molar-refractivity contribution in [3.63, 3.8) is 0 Å². The van der Waals surface area contributed by atoms with Crippen LogP contribution >= 0.6 is 12.8 Å². The summed E-state index contributed by atoms with van der Waals surface area (Å²) < 4.78 is 2.13. The lowest BCUT2D eigenvalue weighted by Crippen LogP contribution is -2.26. The van der Waals surface area contributed by atoms with Crippen LogP contribution in [0.25, 0.3) is 0 Å². The Labute approximate surface area is 69.3 Å². The van der Waals surface area contributed by atoms with Gasteiger partial charge in [-0.3, -0.25) is 4.31 Å². The maximum absolute atomic E-state index is 4.30. The van der Waals surface area contributed by atoms with Gasteiger partial charge in [0, 0.05) is 13.1 Å². The molecule has 0 spiro atoms. The molecule has 1 saturated heterocycles. The van der Waals surface area contributed by atoms with Gasteiger partial charge < -0.3 is 0 Å². The molecule has 1 heterocycles. The first-order valence-electron chi connectivity index (χ1n) is 4.26. The van der Waals surface area contributed by atoms with Gasteiger partial charge in [0.05, 0.1) is 0 Å². The second-order valence-corrected chi connectivity index (χ2v) is 3.75. The predicted molar refractivity (Wildman–Crippen MR) is 48.2 cm³/mol. The minimum absolute atomic E-state index is 0.994. The molecule has 10 heavy (non-hydrogen) atoms. The highest BCUT2D eigenvalue weighted by atomic mass is 32.1. The minimum atomic E-state index is 0.994. The molecular formula is C8H17NS. The van der Waals surface area contributed by atoms with Gasteiger partial charge in [-0.25, -0.2) is 0 Å². The Balaban J connectivity index is 2.13. The first-order chi connectivity index (χ1) is 4.83. The first-order valence-corrected chi connectivity index (χ1v) is 4.66. The summed E-state index contributed by atoms with van der Waals surface area (Å²) in [7, 11) is 0. The van der Waals surface area contributed by atoms with Crippen molar-refractivity contribution in [2.75, 3.05) is 13.1 Å². The van der Waals surface area contributed by atoms with Crippen LogP contribution in [-0.2, 0) is 0 Å². The first kappa shape index (κ1) is 8.41. The molecule has 1 aliphatic heterocycles. The van der Waals surface area contributed by atoms with Gasteiger partial charge >= 0.3 is 0 Å². The van der Waals surface area contributed by atoms with Gasteiger partial charge in [-0.05, 0) is 18.8 Å². The largest absolute Gasteiger partial charge is 0.253 e. The Bertz CT molecular complexity index is 87.3. The van der Waals surface area contributed by atoms with Crippen molar-refractivity contribution < 1.29 is 0 Å². The van der Waals surface area contributed by atoms with E-state index in [1.54, 1.807) is 0 Å². The van der Waals surface area contributed by atoms with E-state index in [4.69, 9.17) is 0 Å². The van der Waals surface area contributed by atoms with Crippen LogP contribution in [0.4, 0.5) is 0 Å². The maximum atomic E-state index is 4.30. The molecule has 1 fully saturated rings. The molecule has 2 heteroatoms. The zero-order valence-electron chi connectivity index (χ0n) is 6.71. The standard InChI is InChI=1S/C8H17NS/c1-2-3-8-4-6-9(10)7-5-8/h8,10H,2-7H2,1H3. The van der Waals surface area contributed by atoms with Gasteiger partial charge in [-0.2, -0.15) is 0 Å². The Morgan fingerprint density at radius 2 is 2.00 bits per heavy atom. The van der Waals surface area contributed by atoms with Gasteiger partial charge in [0.15, 0.2) is 0 Å². The zero-order chi connectivity index (χ0) is 7.40. The predicted octanol–water partition coefficient (Wildman–Crippen LogP) is 2.34. The Morgan fingerprint density at radius 3 is 2.50 bits per heavy atom. The number of hydrogen-bond donors (Lipinski definition) is 1. The van der Waals surface area contributed by atoms with Crippen molar-refractivity contribution in [2.24, 2.45) is 5.92 Å². The van der Waals surface area contributed by atoms with Crippen LogP contribution in [0.2, 0.25) is 0 Å². The lowest BCUT2D eigenvalue weighted by molar-refractivity contribution is 0.280. The summed E-state index contributed by atoms with van der Waals surface area (Å²) >= 11 is 4.30. The van der Waals surface area contributed by atoms with Crippen molar-refractivity contribution >= 4 is 12.8 Å². The summed E-state index contributed by atoms with van der Waals surface area (Å²) in [4.78, 5) is 0. The van der Waals surface area contributed by atoms with Crippen LogP contribution < -0.4 is 0 Å². The number of hydrogen-bond acceptors (Lipinski definition) is 2. The van der Waals surface area contributed by atoms with Crippen molar-refractivity contribution in [1.82, 2.24) is 4.31 Å². The molecular weight excluding hydrogens is 142 g/mol. The van der Waals surface area contributed by atoms with Crippen molar-refractivity contribution in [3.05, 3.63) is 0 Å². The van der Waals surface area contributed by atoms with Crippen LogP contribution in [0, 0.1) is 5.92 Å². The summed E-state index contributed by atoms with van der Waals surface area (Å²) in [6.45, 7) is 4.65. The number of rotatable bonds is 2. The smallest absolute Gasteiger partial charge is 0.00896 e. The molecule has 0 atom stereocenters. The molecule has 0 N–H and O–H groups in total. The third-order valence-corrected chi connectivity index (χ3v) is 2.69. The molecule has 0 aliphatic carbocycles. The summed E-state index contributed by atoms with van der Waals surface area (Å²) in [6.07, 6.45) is 5.48. The van der Waals surface area contributed by atoms with E-state index in [0.717, 1.165) is 5.92 Å². The number of thiol groups is 1. The van der Waals surface area contributed by atoms with Crippen LogP contribution in [0.1, 0.15) is 32.6 Å². The Kier molecular flexibility index (Phi) is 3.57. The maximum Gasteiger partial charge on any atom is 0.00896 e. The Hall–Kier alpha value is 0.310. The van der Waals surface area contributed by atoms with E-state index in [0.29, 0.717) is 0 Å². The summed E-state index contributed by atoms with van der Waals surface area (Å²) in [5.74, 6) is 0.994. The van der Waals surface area contributed by atoms with Crippen LogP contribution in [0.3, 0.4) is 0 Å². The van der Waals surface area contributed by atoms with Gasteiger partial charge in [-0.15, -0.1) is 0 Å². The zero-order valence-corrected chi connectivity index (χ0v) is 7.61. The van der Waals surface area contributed by atoms with Crippen LogP contribution in [0.15, 0.2) is 0 Å². The average Bonchev–Trinajstić information content (AvgIpc) is 1.95. The quantitative estimate of drug-likeness (QED) is 0.605. The third kappa shape index (κ3) is 2.51. The molecule has 0 aromatic heterocycles. The SMILES string of the molecule is CCCC1CCN(S)CC1. The number of piperidine rings is 1. The van der Waals surface area contributed by atoms with Crippen molar-refractivity contribution in [3.8, 4) is 0 Å². The topological polar surface area (TPSA) is 3.24 Å². The van der Waals surface area contributed by atoms with Gasteiger partial charge in [-0.1, -0.05) is 32.6 Å². The molecule has 0 amide bonds. The normalized spacial score (nSPS) is 23.4. The van der Waals surface area contributed by atoms with E-state index in [1.807, 2.05) is 0 Å². The fourth-order valence-electron chi connectivity index (χ4n) is 1.62. The fourth-order valence-corrected chi connectivity index (χ4v) is 1.85. The number of nitrogens with zero attached hydrogens (tertiary/aromatic N) is 1. The second-order valence-electron chi connectivity index (χ2n) is 3.19. The van der Waals surface area contributed by atoms with Crippen LogP contribution in [0.5, 0.6) is 0 Å². The minimum Gasteiger partial charge on any atom is -0.253 e. The fraction of sp³-hybridized carbons (Fsp3) is 1.00. The molecule has 0 aromatic rings. The summed E-state index contributed by atoms with van der Waals surface area (Å²) in [6, 6.07) is 0. The van der Waals surface area contributed by atoms with E-state index in [-0.39, 0.29) is 0 Å². The van der Waals surface area contributed by atoms with E-state index in [1.165, 1.54) is 38.8 Å². The molecule has 0 bridgehead atoms. The van der Waals surface area contributed by atoms with Crippen molar-refractivity contribution in [1.29, 1.82) is 0 Å². The third-order valence-electron chi connectivity index (χ3n) is 2.29. The molecule has 1 nitrogen and oxygen atoms in total. The molecule has 1 rings (SSSR count). The molecule has 0 saturated carbocycles. The molecule has 0 radical (unpaired) electrons. The molecule has 1 aliphatic rings. The average molecular weight is 159 g/mol. The van der Waals surface area contributed by atoms with Crippen molar-refractivity contribution in [2.45, 2.75) is 32.6 Å². The Morgan fingerprint density at radius 1 is 1.40 bits per heavy atom. The summed E-state index contributed by atoms with van der Waals surface area (Å²) in [5, 5.41) is 0. The lowest BCUT2D eigenvalue weighted by Gasteiger charge is -2.27. The van der Waals surface area contributed by atoms with Gasteiger partial charge in [0.25, 0.3) is 0 Å². The monoisotopic (exact) mass is 159 g/mol. The van der Waals surface area contributed by atoms with E-state index < -0.39 is 0 Å². The molecule has 60 valence electrons. The van der Waals surface area contributed by atoms with E-state index in [9.17, 15) is 0 Å². The highest BCUT2D eigenvalue weighted by molar-refractivity contribution is 7.77. The lowest BCUT2D eigenvalue weighted by atomic mass is 9.94. The van der Waals surface area contributed by atoms with Gasteiger partial charge in [0.1, 0.15) is 0 Å². The molecule has 0 unspecified atom stereocenters. The highest BCUT2D eigenvalue weighted by Gasteiger charge is 2.15.